The molecule has 0 aliphatic heterocycles. The number of aromatic nitrogens is 1. The largest absolute Gasteiger partial charge is 0.497 e. The summed E-state index contributed by atoms with van der Waals surface area (Å²) < 4.78 is 17.2. The van der Waals surface area contributed by atoms with Gasteiger partial charge in [-0.1, -0.05) is 11.3 Å². The third-order valence-electron chi connectivity index (χ3n) is 2.84. The van der Waals surface area contributed by atoms with E-state index >= 15 is 0 Å². The summed E-state index contributed by atoms with van der Waals surface area (Å²) in [4.78, 5) is 11.9. The van der Waals surface area contributed by atoms with Crippen LogP contribution in [-0.4, -0.2) is 31.9 Å². The number of methoxy groups -OCH3 is 3. The van der Waals surface area contributed by atoms with Crippen LogP contribution in [0, 0.1) is 3.95 Å². The third-order valence-corrected chi connectivity index (χ3v) is 4.21. The maximum Gasteiger partial charge on any atom is 0.351 e. The fourth-order valence-electron chi connectivity index (χ4n) is 1.82. The van der Waals surface area contributed by atoms with Crippen LogP contribution in [0.4, 0.5) is 5.82 Å². The zero-order chi connectivity index (χ0) is 15.6. The molecule has 0 aliphatic carbocycles. The molecule has 1 heterocycles. The lowest BCUT2D eigenvalue weighted by atomic mass is 10.2. The van der Waals surface area contributed by atoms with Gasteiger partial charge in [0.25, 0.3) is 0 Å². The first kappa shape index (κ1) is 15.3. The first-order chi connectivity index (χ1) is 10.0. The van der Waals surface area contributed by atoms with E-state index in [2.05, 4.69) is 0 Å². The lowest BCUT2D eigenvalue weighted by Gasteiger charge is -2.12. The number of carbonyl (C=O) groups excluding carboxylic acids is 1. The fourth-order valence-corrected chi connectivity index (χ4v) is 3.09. The highest BCUT2D eigenvalue weighted by Crippen LogP contribution is 2.33. The number of hydrogen-bond donors (Lipinski definition) is 1. The summed E-state index contributed by atoms with van der Waals surface area (Å²) in [5, 5.41) is 0. The molecular formula is C13H14N2O4S2. The van der Waals surface area contributed by atoms with Crippen LogP contribution in [0.5, 0.6) is 11.5 Å². The molecule has 0 radical (unpaired) electrons. The number of hydrogen-bond acceptors (Lipinski definition) is 7. The van der Waals surface area contributed by atoms with E-state index in [1.54, 1.807) is 29.9 Å². The van der Waals surface area contributed by atoms with E-state index in [-0.39, 0.29) is 10.7 Å². The van der Waals surface area contributed by atoms with Gasteiger partial charge in [-0.15, -0.1) is 0 Å². The minimum absolute atomic E-state index is 0.223. The van der Waals surface area contributed by atoms with Gasteiger partial charge < -0.3 is 19.9 Å². The van der Waals surface area contributed by atoms with Crippen molar-refractivity contribution in [3.63, 3.8) is 0 Å². The maximum absolute atomic E-state index is 11.7. The molecule has 0 atom stereocenters. The Morgan fingerprint density at radius 1 is 1.29 bits per heavy atom. The lowest BCUT2D eigenvalue weighted by molar-refractivity contribution is 0.0607. The summed E-state index contributed by atoms with van der Waals surface area (Å²) in [5.41, 5.74) is 6.66. The van der Waals surface area contributed by atoms with E-state index in [4.69, 9.17) is 32.2 Å². The van der Waals surface area contributed by atoms with Gasteiger partial charge in [0, 0.05) is 6.07 Å². The second kappa shape index (κ2) is 6.15. The van der Waals surface area contributed by atoms with Crippen molar-refractivity contribution >= 4 is 35.3 Å². The summed E-state index contributed by atoms with van der Waals surface area (Å²) in [6.07, 6.45) is 0. The van der Waals surface area contributed by atoms with Gasteiger partial charge in [-0.3, -0.25) is 4.57 Å². The number of nitrogens with zero attached hydrogens (tertiary/aromatic N) is 1. The number of esters is 1. The Hall–Kier alpha value is -2.06. The van der Waals surface area contributed by atoms with Gasteiger partial charge in [-0.05, 0) is 24.4 Å². The standard InChI is InChI=1S/C13H14N2O4S2/c1-17-7-4-5-8(9(6-7)18-2)15-11(14)10(12(16)19-3)21-13(15)20/h4-6H,14H2,1-3H3. The molecule has 8 heteroatoms. The minimum atomic E-state index is -0.519. The van der Waals surface area contributed by atoms with E-state index in [0.29, 0.717) is 21.1 Å². The van der Waals surface area contributed by atoms with Gasteiger partial charge in [-0.25, -0.2) is 4.79 Å². The quantitative estimate of drug-likeness (QED) is 0.687. The average molecular weight is 326 g/mol. The summed E-state index contributed by atoms with van der Waals surface area (Å²) in [6.45, 7) is 0. The van der Waals surface area contributed by atoms with Crippen molar-refractivity contribution < 1.29 is 19.0 Å². The Balaban J connectivity index is 2.65. The zero-order valence-corrected chi connectivity index (χ0v) is 13.3. The molecule has 0 saturated heterocycles. The van der Waals surface area contributed by atoms with Crippen molar-refractivity contribution in [2.24, 2.45) is 0 Å². The predicted molar refractivity (Wildman–Crippen MR) is 83.3 cm³/mol. The topological polar surface area (TPSA) is 75.7 Å². The molecule has 21 heavy (non-hydrogen) atoms. The van der Waals surface area contributed by atoms with Crippen molar-refractivity contribution in [2.45, 2.75) is 0 Å². The van der Waals surface area contributed by atoms with Gasteiger partial charge in [0.05, 0.1) is 27.0 Å². The molecule has 112 valence electrons. The van der Waals surface area contributed by atoms with Crippen LogP contribution in [0.15, 0.2) is 18.2 Å². The van der Waals surface area contributed by atoms with Crippen molar-refractivity contribution in [3.8, 4) is 17.2 Å². The number of nitrogen functional groups attached to an aromatic ring is 1. The molecule has 0 spiro atoms. The van der Waals surface area contributed by atoms with E-state index in [9.17, 15) is 4.79 Å². The van der Waals surface area contributed by atoms with Crippen LogP contribution in [0.1, 0.15) is 9.67 Å². The molecule has 0 fully saturated rings. The molecule has 2 rings (SSSR count). The Morgan fingerprint density at radius 2 is 2.00 bits per heavy atom. The molecule has 0 bridgehead atoms. The minimum Gasteiger partial charge on any atom is -0.497 e. The molecule has 2 aromatic rings. The Labute approximate surface area is 130 Å². The normalized spacial score (nSPS) is 10.2. The van der Waals surface area contributed by atoms with Gasteiger partial charge in [0.2, 0.25) is 0 Å². The van der Waals surface area contributed by atoms with Crippen LogP contribution >= 0.6 is 23.6 Å². The zero-order valence-electron chi connectivity index (χ0n) is 11.7. The van der Waals surface area contributed by atoms with Crippen LogP contribution in [0.2, 0.25) is 0 Å². The van der Waals surface area contributed by atoms with Crippen molar-refractivity contribution in [1.82, 2.24) is 4.57 Å². The van der Waals surface area contributed by atoms with Gasteiger partial charge in [0.15, 0.2) is 8.83 Å². The van der Waals surface area contributed by atoms with E-state index in [0.717, 1.165) is 11.3 Å². The number of ether oxygens (including phenoxy) is 3. The molecule has 0 aliphatic rings. The van der Waals surface area contributed by atoms with Gasteiger partial charge >= 0.3 is 5.97 Å². The Kier molecular flexibility index (Phi) is 4.49. The molecule has 6 nitrogen and oxygen atoms in total. The van der Waals surface area contributed by atoms with Crippen molar-refractivity contribution in [2.75, 3.05) is 27.1 Å². The number of carbonyl (C=O) groups is 1. The number of thiazole rings is 1. The van der Waals surface area contributed by atoms with Crippen molar-refractivity contribution in [3.05, 3.63) is 27.0 Å². The molecule has 1 aromatic heterocycles. The first-order valence-corrected chi connectivity index (χ1v) is 7.08. The summed E-state index contributed by atoms with van der Waals surface area (Å²) in [5.74, 6) is 0.880. The highest BCUT2D eigenvalue weighted by atomic mass is 32.1. The predicted octanol–water partition coefficient (Wildman–Crippen LogP) is 2.65. The first-order valence-electron chi connectivity index (χ1n) is 5.85. The summed E-state index contributed by atoms with van der Waals surface area (Å²) in [6, 6.07) is 5.23. The second-order valence-electron chi connectivity index (χ2n) is 3.95. The van der Waals surface area contributed by atoms with Gasteiger partial charge in [0.1, 0.15) is 17.3 Å². The van der Waals surface area contributed by atoms with Crippen LogP contribution < -0.4 is 15.2 Å². The van der Waals surface area contributed by atoms with E-state index in [1.807, 2.05) is 0 Å². The summed E-state index contributed by atoms with van der Waals surface area (Å²) >= 11 is 6.37. The second-order valence-corrected chi connectivity index (χ2v) is 5.59. The van der Waals surface area contributed by atoms with Crippen LogP contribution in [0.25, 0.3) is 5.69 Å². The summed E-state index contributed by atoms with van der Waals surface area (Å²) in [7, 11) is 4.39. The highest BCUT2D eigenvalue weighted by Gasteiger charge is 2.20. The van der Waals surface area contributed by atoms with Crippen LogP contribution in [0.3, 0.4) is 0 Å². The third kappa shape index (κ3) is 2.72. The number of anilines is 1. The SMILES string of the molecule is COC(=O)c1sc(=S)n(-c2ccc(OC)cc2OC)c1N. The molecule has 1 aromatic carbocycles. The fraction of sp³-hybridized carbons (Fsp3) is 0.231. The van der Waals surface area contributed by atoms with E-state index < -0.39 is 5.97 Å². The van der Waals surface area contributed by atoms with E-state index in [1.165, 1.54) is 14.2 Å². The van der Waals surface area contributed by atoms with Crippen molar-refractivity contribution in [1.29, 1.82) is 0 Å². The number of nitrogens with two attached hydrogens (primary N) is 1. The highest BCUT2D eigenvalue weighted by molar-refractivity contribution is 7.73. The van der Waals surface area contributed by atoms with Crippen LogP contribution in [-0.2, 0) is 4.74 Å². The molecular weight excluding hydrogens is 312 g/mol. The molecule has 0 saturated carbocycles. The Bertz CT molecular complexity index is 736. The molecule has 2 N–H and O–H groups in total. The number of benzene rings is 1. The average Bonchev–Trinajstić information content (AvgIpc) is 2.80. The maximum atomic E-state index is 11.7. The lowest BCUT2D eigenvalue weighted by Crippen LogP contribution is -2.07. The molecule has 0 amide bonds. The molecule has 0 unspecified atom stereocenters. The smallest absolute Gasteiger partial charge is 0.351 e. The van der Waals surface area contributed by atoms with Gasteiger partial charge in [-0.2, -0.15) is 0 Å². The monoisotopic (exact) mass is 326 g/mol. The number of rotatable bonds is 4. The Morgan fingerprint density at radius 3 is 2.57 bits per heavy atom.